The smallest absolute Gasteiger partial charge is 0.332 e. The number of primary amides is 1. The number of nitrogens with zero attached hydrogens (tertiary/aromatic N) is 1. The average Bonchev–Trinajstić information content (AvgIpc) is 2.26. The van der Waals surface area contributed by atoms with Crippen molar-refractivity contribution in [2.45, 2.75) is 47.0 Å². The third-order valence-corrected chi connectivity index (χ3v) is 4.38. The third-order valence-electron chi connectivity index (χ3n) is 4.38. The summed E-state index contributed by atoms with van der Waals surface area (Å²) in [6.07, 6.45) is 3.41. The molecule has 92 valence electrons. The summed E-state index contributed by atoms with van der Waals surface area (Å²) in [6.45, 7) is 8.85. The number of hydrazone groups is 1. The molecule has 0 aliphatic heterocycles. The second-order valence-corrected chi connectivity index (χ2v) is 4.64. The standard InChI is InChI=1S/C12H23N3O/c1-5-9-10(14-15-11(13)16)8(4)12(9,6-2)7-3/h8-9H,5-7H2,1-4H3,(H3,13,15,16). The summed E-state index contributed by atoms with van der Waals surface area (Å²) < 4.78 is 0. The summed E-state index contributed by atoms with van der Waals surface area (Å²) >= 11 is 0. The maximum Gasteiger partial charge on any atom is 0.332 e. The van der Waals surface area contributed by atoms with E-state index in [2.05, 4.69) is 38.2 Å². The molecule has 0 aromatic rings. The van der Waals surface area contributed by atoms with Gasteiger partial charge in [-0.25, -0.2) is 10.2 Å². The second-order valence-electron chi connectivity index (χ2n) is 4.64. The van der Waals surface area contributed by atoms with Gasteiger partial charge >= 0.3 is 6.03 Å². The number of amides is 2. The number of urea groups is 1. The normalized spacial score (nSPS) is 29.9. The zero-order chi connectivity index (χ0) is 12.3. The van der Waals surface area contributed by atoms with Crippen molar-refractivity contribution in [3.63, 3.8) is 0 Å². The Morgan fingerprint density at radius 2 is 2.00 bits per heavy atom. The van der Waals surface area contributed by atoms with Crippen LogP contribution in [0.5, 0.6) is 0 Å². The van der Waals surface area contributed by atoms with Crippen LogP contribution in [0.3, 0.4) is 0 Å². The summed E-state index contributed by atoms with van der Waals surface area (Å²) in [5, 5.41) is 4.15. The molecule has 1 aliphatic carbocycles. The lowest BCUT2D eigenvalue weighted by molar-refractivity contribution is 0.0794. The van der Waals surface area contributed by atoms with Gasteiger partial charge in [-0.2, -0.15) is 5.10 Å². The first-order valence-corrected chi connectivity index (χ1v) is 6.16. The van der Waals surface area contributed by atoms with E-state index in [0.717, 1.165) is 12.1 Å². The molecule has 2 atom stereocenters. The molecule has 1 saturated carbocycles. The Hall–Kier alpha value is -1.06. The molecule has 2 amide bonds. The highest BCUT2D eigenvalue weighted by atomic mass is 16.2. The number of nitrogens with two attached hydrogens (primary N) is 1. The van der Waals surface area contributed by atoms with Crippen LogP contribution in [0.2, 0.25) is 0 Å². The number of carbonyl (C=O) groups is 1. The van der Waals surface area contributed by atoms with Crippen LogP contribution < -0.4 is 11.2 Å². The van der Waals surface area contributed by atoms with E-state index in [1.165, 1.54) is 12.8 Å². The molecule has 1 rings (SSSR count). The minimum atomic E-state index is -0.583. The van der Waals surface area contributed by atoms with E-state index < -0.39 is 6.03 Å². The molecule has 4 heteroatoms. The van der Waals surface area contributed by atoms with Crippen molar-refractivity contribution < 1.29 is 4.79 Å². The maximum atomic E-state index is 10.6. The Morgan fingerprint density at radius 3 is 2.38 bits per heavy atom. The first-order valence-electron chi connectivity index (χ1n) is 6.16. The molecule has 16 heavy (non-hydrogen) atoms. The predicted octanol–water partition coefficient (Wildman–Crippen LogP) is 2.49. The van der Waals surface area contributed by atoms with E-state index in [1.54, 1.807) is 0 Å². The fourth-order valence-electron chi connectivity index (χ4n) is 3.36. The zero-order valence-corrected chi connectivity index (χ0v) is 10.7. The highest BCUT2D eigenvalue weighted by molar-refractivity contribution is 5.96. The van der Waals surface area contributed by atoms with E-state index in [9.17, 15) is 4.79 Å². The van der Waals surface area contributed by atoms with Gasteiger partial charge in [-0.1, -0.05) is 27.7 Å². The van der Waals surface area contributed by atoms with E-state index in [-0.39, 0.29) is 0 Å². The van der Waals surface area contributed by atoms with E-state index in [4.69, 9.17) is 5.73 Å². The predicted molar refractivity (Wildman–Crippen MR) is 66.1 cm³/mol. The molecule has 0 bridgehead atoms. The Balaban J connectivity index is 2.85. The van der Waals surface area contributed by atoms with Crippen LogP contribution in [0.25, 0.3) is 0 Å². The molecular formula is C12H23N3O. The lowest BCUT2D eigenvalue weighted by Gasteiger charge is -2.55. The molecule has 0 radical (unpaired) electrons. The maximum absolute atomic E-state index is 10.6. The van der Waals surface area contributed by atoms with E-state index in [1.807, 2.05) is 0 Å². The van der Waals surface area contributed by atoms with Crippen LogP contribution in [0.1, 0.15) is 47.0 Å². The molecule has 0 saturated heterocycles. The number of rotatable bonds is 4. The van der Waals surface area contributed by atoms with Crippen molar-refractivity contribution in [2.24, 2.45) is 28.1 Å². The monoisotopic (exact) mass is 225 g/mol. The molecule has 0 spiro atoms. The van der Waals surface area contributed by atoms with Crippen LogP contribution in [-0.4, -0.2) is 11.7 Å². The SMILES string of the molecule is CCC1C(=NNC(N)=O)C(C)C1(CC)CC. The molecular weight excluding hydrogens is 202 g/mol. The van der Waals surface area contributed by atoms with Crippen LogP contribution >= 0.6 is 0 Å². The quantitative estimate of drug-likeness (QED) is 0.709. The lowest BCUT2D eigenvalue weighted by atomic mass is 9.49. The molecule has 0 heterocycles. The number of hydrogen-bond donors (Lipinski definition) is 2. The summed E-state index contributed by atoms with van der Waals surface area (Å²) in [4.78, 5) is 10.6. The highest BCUT2D eigenvalue weighted by Crippen LogP contribution is 2.55. The van der Waals surface area contributed by atoms with Gasteiger partial charge in [0.2, 0.25) is 0 Å². The summed E-state index contributed by atoms with van der Waals surface area (Å²) in [6, 6.07) is -0.583. The number of hydrogen-bond acceptors (Lipinski definition) is 2. The van der Waals surface area contributed by atoms with Crippen LogP contribution in [0.15, 0.2) is 5.10 Å². The first kappa shape index (κ1) is 13.0. The summed E-state index contributed by atoms with van der Waals surface area (Å²) in [7, 11) is 0. The van der Waals surface area contributed by atoms with Gasteiger partial charge in [-0.15, -0.1) is 0 Å². The fraction of sp³-hybridized carbons (Fsp3) is 0.833. The molecule has 0 aromatic heterocycles. The highest BCUT2D eigenvalue weighted by Gasteiger charge is 2.54. The van der Waals surface area contributed by atoms with Crippen molar-refractivity contribution in [3.8, 4) is 0 Å². The van der Waals surface area contributed by atoms with Crippen LogP contribution in [0.4, 0.5) is 4.79 Å². The van der Waals surface area contributed by atoms with Crippen molar-refractivity contribution in [1.82, 2.24) is 5.43 Å². The minimum Gasteiger partial charge on any atom is -0.350 e. The van der Waals surface area contributed by atoms with Gasteiger partial charge in [-0.3, -0.25) is 0 Å². The number of nitrogens with one attached hydrogen (secondary N) is 1. The van der Waals surface area contributed by atoms with Crippen LogP contribution in [0, 0.1) is 17.3 Å². The van der Waals surface area contributed by atoms with Gasteiger partial charge in [0.15, 0.2) is 0 Å². The Morgan fingerprint density at radius 1 is 1.44 bits per heavy atom. The van der Waals surface area contributed by atoms with Gasteiger partial charge in [0, 0.05) is 17.5 Å². The first-order chi connectivity index (χ1) is 7.53. The molecule has 2 unspecified atom stereocenters. The van der Waals surface area contributed by atoms with Gasteiger partial charge in [0.25, 0.3) is 0 Å². The summed E-state index contributed by atoms with van der Waals surface area (Å²) in [5.41, 5.74) is 8.85. The molecule has 1 fully saturated rings. The molecule has 0 aromatic carbocycles. The topological polar surface area (TPSA) is 67.5 Å². The van der Waals surface area contributed by atoms with Gasteiger partial charge < -0.3 is 5.73 Å². The fourth-order valence-corrected chi connectivity index (χ4v) is 3.36. The molecule has 1 aliphatic rings. The Labute approximate surface area is 97.7 Å². The Bertz CT molecular complexity index is 295. The van der Waals surface area contributed by atoms with Crippen molar-refractivity contribution in [1.29, 1.82) is 0 Å². The van der Waals surface area contributed by atoms with Crippen LogP contribution in [-0.2, 0) is 0 Å². The second kappa shape index (κ2) is 4.85. The Kier molecular flexibility index (Phi) is 3.94. The largest absolute Gasteiger partial charge is 0.350 e. The number of carbonyl (C=O) groups excluding carboxylic acids is 1. The van der Waals surface area contributed by atoms with E-state index >= 15 is 0 Å². The van der Waals surface area contributed by atoms with Gasteiger partial charge in [0.1, 0.15) is 0 Å². The zero-order valence-electron chi connectivity index (χ0n) is 10.7. The van der Waals surface area contributed by atoms with Gasteiger partial charge in [0.05, 0.1) is 0 Å². The van der Waals surface area contributed by atoms with Gasteiger partial charge in [-0.05, 0) is 24.7 Å². The lowest BCUT2D eigenvalue weighted by Crippen LogP contribution is -2.56. The average molecular weight is 225 g/mol. The van der Waals surface area contributed by atoms with Crippen molar-refractivity contribution >= 4 is 11.7 Å². The molecule has 3 N–H and O–H groups in total. The van der Waals surface area contributed by atoms with E-state index in [0.29, 0.717) is 17.3 Å². The minimum absolute atomic E-state index is 0.368. The van der Waals surface area contributed by atoms with Crippen molar-refractivity contribution in [3.05, 3.63) is 0 Å². The summed E-state index contributed by atoms with van der Waals surface area (Å²) in [5.74, 6) is 0.934. The van der Waals surface area contributed by atoms with Crippen molar-refractivity contribution in [2.75, 3.05) is 0 Å². The third kappa shape index (κ3) is 1.81. The molecule has 4 nitrogen and oxygen atoms in total.